The predicted molar refractivity (Wildman–Crippen MR) is 103 cm³/mol. The largest absolute Gasteiger partial charge is 0.481 e. The number of carbonyl (C=O) groups is 1. The zero-order valence-corrected chi connectivity index (χ0v) is 15.6. The van der Waals surface area contributed by atoms with Crippen LogP contribution in [0.5, 0.6) is 0 Å². The summed E-state index contributed by atoms with van der Waals surface area (Å²) >= 11 is 0. The Morgan fingerprint density at radius 1 is 1.15 bits per heavy atom. The second-order valence-corrected chi connectivity index (χ2v) is 7.44. The maximum atomic E-state index is 13.8. The molecule has 3 rings (SSSR count). The summed E-state index contributed by atoms with van der Waals surface area (Å²) in [6.45, 7) is 6.42. The van der Waals surface area contributed by atoms with Crippen LogP contribution in [0.25, 0.3) is 5.57 Å². The molecule has 3 heteroatoms. The van der Waals surface area contributed by atoms with E-state index in [0.29, 0.717) is 12.3 Å². The number of halogens is 1. The van der Waals surface area contributed by atoms with Gasteiger partial charge in [-0.2, -0.15) is 0 Å². The van der Waals surface area contributed by atoms with Gasteiger partial charge in [0.1, 0.15) is 5.82 Å². The summed E-state index contributed by atoms with van der Waals surface area (Å²) in [7, 11) is 0. The molecule has 0 bridgehead atoms. The lowest BCUT2D eigenvalue weighted by Gasteiger charge is -2.15. The van der Waals surface area contributed by atoms with Crippen molar-refractivity contribution < 1.29 is 14.3 Å². The Bertz CT molecular complexity index is 847. The fourth-order valence-corrected chi connectivity index (χ4v) is 3.85. The smallest absolute Gasteiger partial charge is 0.303 e. The molecule has 0 heterocycles. The quantitative estimate of drug-likeness (QED) is 0.700. The standard InChI is InChI=1S/C23H25FO2/c1-14(2)17-6-4-16(5-7-17)12-21-15(3)19(10-11-23(25)26)22-13-18(24)8-9-20(21)22/h4-9,13-14,21H,10-12H2,1-3H3,(H,25,26). The summed E-state index contributed by atoms with van der Waals surface area (Å²) in [5.41, 5.74) is 6.71. The first-order valence-electron chi connectivity index (χ1n) is 9.17. The van der Waals surface area contributed by atoms with Crippen molar-refractivity contribution in [2.45, 2.75) is 51.9 Å². The molecule has 2 aromatic rings. The molecule has 0 radical (unpaired) electrons. The van der Waals surface area contributed by atoms with Crippen LogP contribution >= 0.6 is 0 Å². The molecule has 0 saturated heterocycles. The first kappa shape index (κ1) is 18.4. The summed E-state index contributed by atoms with van der Waals surface area (Å²) in [6, 6.07) is 13.6. The van der Waals surface area contributed by atoms with Crippen molar-refractivity contribution in [1.29, 1.82) is 0 Å². The van der Waals surface area contributed by atoms with Crippen molar-refractivity contribution in [3.05, 3.63) is 76.1 Å². The number of hydrogen-bond donors (Lipinski definition) is 1. The van der Waals surface area contributed by atoms with Gasteiger partial charge in [-0.05, 0) is 65.6 Å². The first-order chi connectivity index (χ1) is 12.4. The van der Waals surface area contributed by atoms with Gasteiger partial charge in [-0.3, -0.25) is 4.79 Å². The number of carboxylic acid groups (broad SMARTS) is 1. The van der Waals surface area contributed by atoms with E-state index in [2.05, 4.69) is 45.0 Å². The molecule has 1 unspecified atom stereocenters. The molecule has 0 fully saturated rings. The van der Waals surface area contributed by atoms with E-state index in [-0.39, 0.29) is 18.2 Å². The van der Waals surface area contributed by atoms with Crippen LogP contribution in [0, 0.1) is 5.82 Å². The highest BCUT2D eigenvalue weighted by Crippen LogP contribution is 2.45. The van der Waals surface area contributed by atoms with Gasteiger partial charge in [0.15, 0.2) is 0 Å². The fourth-order valence-electron chi connectivity index (χ4n) is 3.85. The number of allylic oxidation sites excluding steroid dienone is 2. The molecule has 2 aromatic carbocycles. The average Bonchev–Trinajstić information content (AvgIpc) is 2.84. The lowest BCUT2D eigenvalue weighted by atomic mass is 9.89. The summed E-state index contributed by atoms with van der Waals surface area (Å²) in [4.78, 5) is 11.0. The minimum absolute atomic E-state index is 0.0679. The lowest BCUT2D eigenvalue weighted by Crippen LogP contribution is -2.02. The van der Waals surface area contributed by atoms with Crippen molar-refractivity contribution >= 4 is 11.5 Å². The molecule has 0 spiro atoms. The fraction of sp³-hybridized carbons (Fsp3) is 0.348. The molecular formula is C23H25FO2. The monoisotopic (exact) mass is 352 g/mol. The Morgan fingerprint density at radius 2 is 1.85 bits per heavy atom. The SMILES string of the molecule is CC1=C(CCC(=O)O)c2cc(F)ccc2C1Cc1ccc(C(C)C)cc1. The summed E-state index contributed by atoms with van der Waals surface area (Å²) < 4.78 is 13.8. The number of benzene rings is 2. The number of fused-ring (bicyclic) bond motifs is 1. The van der Waals surface area contributed by atoms with Gasteiger partial charge < -0.3 is 5.11 Å². The molecule has 0 aromatic heterocycles. The maximum absolute atomic E-state index is 13.8. The highest BCUT2D eigenvalue weighted by atomic mass is 19.1. The van der Waals surface area contributed by atoms with E-state index in [4.69, 9.17) is 5.11 Å². The topological polar surface area (TPSA) is 37.3 Å². The molecule has 0 saturated carbocycles. The van der Waals surface area contributed by atoms with Crippen LogP contribution in [-0.2, 0) is 11.2 Å². The van der Waals surface area contributed by atoms with Crippen LogP contribution < -0.4 is 0 Å². The van der Waals surface area contributed by atoms with Crippen molar-refractivity contribution in [2.24, 2.45) is 0 Å². The highest BCUT2D eigenvalue weighted by Gasteiger charge is 2.29. The summed E-state index contributed by atoms with van der Waals surface area (Å²) in [5, 5.41) is 9.04. The minimum Gasteiger partial charge on any atom is -0.481 e. The van der Waals surface area contributed by atoms with Gasteiger partial charge in [-0.15, -0.1) is 0 Å². The van der Waals surface area contributed by atoms with Crippen LogP contribution in [0.2, 0.25) is 0 Å². The molecule has 0 amide bonds. The van der Waals surface area contributed by atoms with E-state index in [9.17, 15) is 9.18 Å². The molecular weight excluding hydrogens is 327 g/mol. The van der Waals surface area contributed by atoms with Crippen LogP contribution in [0.1, 0.15) is 67.7 Å². The minimum atomic E-state index is -0.823. The van der Waals surface area contributed by atoms with E-state index in [1.807, 2.05) is 6.07 Å². The van der Waals surface area contributed by atoms with E-state index < -0.39 is 5.97 Å². The number of aliphatic carboxylic acids is 1. The summed E-state index contributed by atoms with van der Waals surface area (Å²) in [5.74, 6) is -0.412. The van der Waals surface area contributed by atoms with Crippen LogP contribution in [-0.4, -0.2) is 11.1 Å². The molecule has 1 atom stereocenters. The molecule has 1 N–H and O–H groups in total. The third-order valence-corrected chi connectivity index (χ3v) is 5.39. The molecule has 26 heavy (non-hydrogen) atoms. The average molecular weight is 352 g/mol. The zero-order chi connectivity index (χ0) is 18.8. The molecule has 136 valence electrons. The number of hydrogen-bond acceptors (Lipinski definition) is 1. The number of carboxylic acids is 1. The Morgan fingerprint density at radius 3 is 2.46 bits per heavy atom. The van der Waals surface area contributed by atoms with Gasteiger partial charge >= 0.3 is 5.97 Å². The second-order valence-electron chi connectivity index (χ2n) is 7.44. The zero-order valence-electron chi connectivity index (χ0n) is 15.6. The predicted octanol–water partition coefficient (Wildman–Crippen LogP) is 5.93. The van der Waals surface area contributed by atoms with E-state index >= 15 is 0 Å². The van der Waals surface area contributed by atoms with Crippen molar-refractivity contribution in [1.82, 2.24) is 0 Å². The van der Waals surface area contributed by atoms with Crippen LogP contribution in [0.3, 0.4) is 0 Å². The second kappa shape index (κ2) is 7.45. The highest BCUT2D eigenvalue weighted by molar-refractivity contribution is 5.80. The third kappa shape index (κ3) is 3.72. The first-order valence-corrected chi connectivity index (χ1v) is 9.17. The van der Waals surface area contributed by atoms with Crippen molar-refractivity contribution in [3.63, 3.8) is 0 Å². The number of rotatable bonds is 6. The molecule has 2 nitrogen and oxygen atoms in total. The molecule has 1 aliphatic carbocycles. The van der Waals surface area contributed by atoms with Crippen molar-refractivity contribution in [2.75, 3.05) is 0 Å². The Labute approximate surface area is 154 Å². The van der Waals surface area contributed by atoms with E-state index in [1.54, 1.807) is 6.07 Å². The molecule has 1 aliphatic rings. The van der Waals surface area contributed by atoms with Gasteiger partial charge in [0.2, 0.25) is 0 Å². The lowest BCUT2D eigenvalue weighted by molar-refractivity contribution is -0.136. The Hall–Kier alpha value is -2.42. The Balaban J connectivity index is 1.92. The maximum Gasteiger partial charge on any atom is 0.303 e. The van der Waals surface area contributed by atoms with Gasteiger partial charge in [0.05, 0.1) is 0 Å². The van der Waals surface area contributed by atoms with Gasteiger partial charge in [-0.1, -0.05) is 49.8 Å². The normalized spacial score (nSPS) is 16.3. The van der Waals surface area contributed by atoms with Crippen molar-refractivity contribution in [3.8, 4) is 0 Å². The molecule has 0 aliphatic heterocycles. The van der Waals surface area contributed by atoms with Gasteiger partial charge in [0, 0.05) is 12.3 Å². The van der Waals surface area contributed by atoms with Gasteiger partial charge in [0.25, 0.3) is 0 Å². The van der Waals surface area contributed by atoms with E-state index in [1.165, 1.54) is 22.8 Å². The van der Waals surface area contributed by atoms with Crippen LogP contribution in [0.4, 0.5) is 4.39 Å². The third-order valence-electron chi connectivity index (χ3n) is 5.39. The summed E-state index contributed by atoms with van der Waals surface area (Å²) in [6.07, 6.45) is 1.36. The van der Waals surface area contributed by atoms with E-state index in [0.717, 1.165) is 23.1 Å². The Kier molecular flexibility index (Phi) is 5.26. The van der Waals surface area contributed by atoms with Gasteiger partial charge in [-0.25, -0.2) is 4.39 Å². The van der Waals surface area contributed by atoms with Crippen LogP contribution in [0.15, 0.2) is 48.0 Å².